The van der Waals surface area contributed by atoms with E-state index >= 15 is 0 Å². The van der Waals surface area contributed by atoms with E-state index in [0.717, 1.165) is 48.2 Å². The molecule has 0 amide bonds. The van der Waals surface area contributed by atoms with E-state index in [1.54, 1.807) is 6.07 Å². The van der Waals surface area contributed by atoms with Crippen LogP contribution < -0.4 is 4.90 Å². The van der Waals surface area contributed by atoms with E-state index in [1.165, 1.54) is 11.1 Å². The summed E-state index contributed by atoms with van der Waals surface area (Å²) in [5.74, 6) is 0.157. The molecule has 0 saturated carbocycles. The number of rotatable bonds is 8. The number of benzene rings is 2. The number of hydrogen-bond donors (Lipinski definition) is 0. The van der Waals surface area contributed by atoms with Crippen molar-refractivity contribution in [2.75, 3.05) is 16.8 Å². The highest BCUT2D eigenvalue weighted by Crippen LogP contribution is 2.36. The first-order chi connectivity index (χ1) is 14.5. The van der Waals surface area contributed by atoms with E-state index in [0.29, 0.717) is 10.6 Å². The van der Waals surface area contributed by atoms with E-state index in [2.05, 4.69) is 64.1 Å². The average molecular weight is 489 g/mol. The van der Waals surface area contributed by atoms with Gasteiger partial charge in [-0.3, -0.25) is 0 Å². The molecule has 6 heteroatoms. The van der Waals surface area contributed by atoms with Crippen LogP contribution in [-0.4, -0.2) is 23.7 Å². The van der Waals surface area contributed by atoms with Crippen molar-refractivity contribution in [3.8, 4) is 6.07 Å². The maximum atomic E-state index is 9.24. The largest absolute Gasteiger partial charge is 0.392 e. The Kier molecular flexibility index (Phi) is 7.80. The summed E-state index contributed by atoms with van der Waals surface area (Å²) in [6, 6.07) is 14.4. The van der Waals surface area contributed by atoms with Gasteiger partial charge in [0.1, 0.15) is 12.2 Å². The van der Waals surface area contributed by atoms with E-state index in [4.69, 9.17) is 16.4 Å². The minimum atomic E-state index is 0.0253. The van der Waals surface area contributed by atoms with Crippen LogP contribution in [0, 0.1) is 18.3 Å². The van der Waals surface area contributed by atoms with Crippen LogP contribution in [0.1, 0.15) is 55.7 Å². The van der Waals surface area contributed by atoms with E-state index < -0.39 is 0 Å². The van der Waals surface area contributed by atoms with Gasteiger partial charge in [-0.15, -0.1) is 0 Å². The van der Waals surface area contributed by atoms with Crippen molar-refractivity contribution < 1.29 is 4.84 Å². The molecule has 2 atom stereocenters. The first-order valence-corrected chi connectivity index (χ1v) is 11.8. The second-order valence-corrected chi connectivity index (χ2v) is 8.94. The van der Waals surface area contributed by atoms with E-state index in [1.807, 2.05) is 19.1 Å². The first-order valence-electron chi connectivity index (χ1n) is 10.3. The number of oxime groups is 1. The topological polar surface area (TPSA) is 48.6 Å². The van der Waals surface area contributed by atoms with E-state index in [-0.39, 0.29) is 12.0 Å². The third-order valence-corrected chi connectivity index (χ3v) is 6.44. The molecule has 0 N–H and O–H groups in total. The standard InChI is InChI=1S/C24H27BrClN3O/c1-16-7-8-19(24-17(2)28-30-18(24)3)13-23(16)29(12-6-4-5-11-25)21-10-9-20(15-27)22(26)14-21/h7-10,13-14,18,24H,4-6,11-12H2,1-3H3. The summed E-state index contributed by atoms with van der Waals surface area (Å²) < 4.78 is 0. The monoisotopic (exact) mass is 487 g/mol. The van der Waals surface area contributed by atoms with Crippen LogP contribution in [0.2, 0.25) is 5.02 Å². The molecule has 0 aromatic heterocycles. The van der Waals surface area contributed by atoms with Crippen LogP contribution in [0.3, 0.4) is 0 Å². The molecule has 3 rings (SSSR count). The molecule has 0 aliphatic carbocycles. The van der Waals surface area contributed by atoms with Gasteiger partial charge in [0.15, 0.2) is 0 Å². The number of aryl methyl sites for hydroxylation is 1. The lowest BCUT2D eigenvalue weighted by atomic mass is 9.89. The summed E-state index contributed by atoms with van der Waals surface area (Å²) >= 11 is 9.89. The van der Waals surface area contributed by atoms with Crippen LogP contribution in [0.25, 0.3) is 0 Å². The van der Waals surface area contributed by atoms with Gasteiger partial charge < -0.3 is 9.74 Å². The van der Waals surface area contributed by atoms with Crippen LogP contribution in [0.5, 0.6) is 0 Å². The van der Waals surface area contributed by atoms with Crippen LogP contribution in [0.15, 0.2) is 41.6 Å². The molecule has 1 aliphatic heterocycles. The summed E-state index contributed by atoms with van der Waals surface area (Å²) in [6.45, 7) is 7.09. The van der Waals surface area contributed by atoms with Crippen molar-refractivity contribution in [3.63, 3.8) is 0 Å². The number of halogens is 2. The Morgan fingerprint density at radius 2 is 1.97 bits per heavy atom. The van der Waals surface area contributed by atoms with Gasteiger partial charge in [0.2, 0.25) is 0 Å². The number of nitrogens with zero attached hydrogens (tertiary/aromatic N) is 3. The lowest BCUT2D eigenvalue weighted by molar-refractivity contribution is 0.0905. The molecular weight excluding hydrogens is 462 g/mol. The second kappa shape index (κ2) is 10.3. The zero-order valence-electron chi connectivity index (χ0n) is 17.7. The zero-order valence-corrected chi connectivity index (χ0v) is 20.0. The van der Waals surface area contributed by atoms with E-state index in [9.17, 15) is 5.26 Å². The van der Waals surface area contributed by atoms with Gasteiger partial charge in [0.25, 0.3) is 0 Å². The predicted molar refractivity (Wildman–Crippen MR) is 128 cm³/mol. The Morgan fingerprint density at radius 3 is 2.60 bits per heavy atom. The lowest BCUT2D eigenvalue weighted by Crippen LogP contribution is -2.21. The highest BCUT2D eigenvalue weighted by Gasteiger charge is 2.30. The maximum Gasteiger partial charge on any atom is 0.136 e. The summed E-state index contributed by atoms with van der Waals surface area (Å²) in [4.78, 5) is 7.81. The number of nitriles is 1. The Hall–Kier alpha value is -2.03. The van der Waals surface area contributed by atoms with Gasteiger partial charge in [-0.05, 0) is 69.0 Å². The number of alkyl halides is 1. The molecule has 30 heavy (non-hydrogen) atoms. The van der Waals surface area contributed by atoms with Gasteiger partial charge in [-0.25, -0.2) is 0 Å². The Balaban J connectivity index is 2.00. The predicted octanol–water partition coefficient (Wildman–Crippen LogP) is 7.10. The quantitative estimate of drug-likeness (QED) is 0.294. The molecule has 0 radical (unpaired) electrons. The lowest BCUT2D eigenvalue weighted by Gasteiger charge is -2.28. The Bertz CT molecular complexity index is 969. The summed E-state index contributed by atoms with van der Waals surface area (Å²) in [6.07, 6.45) is 3.38. The van der Waals surface area contributed by atoms with Crippen molar-refractivity contribution in [1.82, 2.24) is 0 Å². The van der Waals surface area contributed by atoms with Crippen molar-refractivity contribution in [2.24, 2.45) is 5.16 Å². The molecule has 1 aliphatic rings. The van der Waals surface area contributed by atoms with Crippen molar-refractivity contribution in [3.05, 3.63) is 58.1 Å². The number of unbranched alkanes of at least 4 members (excludes halogenated alkanes) is 2. The van der Waals surface area contributed by atoms with Crippen LogP contribution in [-0.2, 0) is 4.84 Å². The molecule has 158 valence electrons. The fourth-order valence-electron chi connectivity index (χ4n) is 3.94. The molecule has 2 unspecified atom stereocenters. The molecule has 2 aromatic carbocycles. The van der Waals surface area contributed by atoms with Gasteiger partial charge in [0, 0.05) is 23.2 Å². The van der Waals surface area contributed by atoms with Gasteiger partial charge in [-0.2, -0.15) is 5.26 Å². The minimum absolute atomic E-state index is 0.0253. The molecule has 4 nitrogen and oxygen atoms in total. The van der Waals surface area contributed by atoms with Crippen LogP contribution >= 0.6 is 27.5 Å². The molecule has 0 spiro atoms. The SMILES string of the molecule is CC1=NOC(C)C1c1ccc(C)c(N(CCCCCBr)c2ccc(C#N)c(Cl)c2)c1. The molecule has 1 heterocycles. The third-order valence-electron chi connectivity index (χ3n) is 5.57. The van der Waals surface area contributed by atoms with Gasteiger partial charge in [-0.1, -0.05) is 51.2 Å². The van der Waals surface area contributed by atoms with Gasteiger partial charge >= 0.3 is 0 Å². The van der Waals surface area contributed by atoms with Crippen molar-refractivity contribution in [2.45, 2.75) is 52.1 Å². The maximum absolute atomic E-state index is 9.24. The Morgan fingerprint density at radius 1 is 1.17 bits per heavy atom. The minimum Gasteiger partial charge on any atom is -0.392 e. The number of anilines is 2. The Labute approximate surface area is 192 Å². The third kappa shape index (κ3) is 4.99. The average Bonchev–Trinajstić information content (AvgIpc) is 3.07. The summed E-state index contributed by atoms with van der Waals surface area (Å²) in [7, 11) is 0. The van der Waals surface area contributed by atoms with Crippen LogP contribution in [0.4, 0.5) is 11.4 Å². The van der Waals surface area contributed by atoms with Crippen molar-refractivity contribution >= 4 is 44.6 Å². The summed E-state index contributed by atoms with van der Waals surface area (Å²) in [5, 5.41) is 14.9. The van der Waals surface area contributed by atoms with Gasteiger partial charge in [0.05, 0.1) is 22.2 Å². The second-order valence-electron chi connectivity index (χ2n) is 7.74. The normalized spacial score (nSPS) is 17.9. The summed E-state index contributed by atoms with van der Waals surface area (Å²) in [5.41, 5.74) is 6.04. The molecule has 0 fully saturated rings. The smallest absolute Gasteiger partial charge is 0.136 e. The molecular formula is C24H27BrClN3O. The zero-order chi connectivity index (χ0) is 21.7. The van der Waals surface area contributed by atoms with Crippen molar-refractivity contribution in [1.29, 1.82) is 5.26 Å². The fraction of sp³-hybridized carbons (Fsp3) is 0.417. The molecule has 2 aromatic rings. The highest BCUT2D eigenvalue weighted by atomic mass is 79.9. The first kappa shape index (κ1) is 22.7. The molecule has 0 bridgehead atoms. The highest BCUT2D eigenvalue weighted by molar-refractivity contribution is 9.09. The fourth-order valence-corrected chi connectivity index (χ4v) is 4.55. The molecule has 0 saturated heterocycles. The number of hydrogen-bond acceptors (Lipinski definition) is 4.